The molecule has 0 saturated carbocycles. The SMILES string of the molecule is CC(C)OCCC(CCNC=O)C(=O)NC(CC=O)C(O)COc1c(F)c(F)cc(F)c1F. The molecule has 33 heavy (non-hydrogen) atoms. The molecule has 8 nitrogen and oxygen atoms in total. The van der Waals surface area contributed by atoms with Gasteiger partial charge in [-0.25, -0.2) is 8.78 Å². The average molecular weight is 480 g/mol. The van der Waals surface area contributed by atoms with Crippen molar-refractivity contribution in [1.29, 1.82) is 0 Å². The number of benzene rings is 1. The van der Waals surface area contributed by atoms with Crippen LogP contribution >= 0.6 is 0 Å². The van der Waals surface area contributed by atoms with Crippen LogP contribution in [-0.4, -0.2) is 61.7 Å². The molecular formula is C21H28F4N2O6. The number of halogens is 4. The maximum absolute atomic E-state index is 13.7. The van der Waals surface area contributed by atoms with Crippen LogP contribution in [-0.2, 0) is 19.1 Å². The van der Waals surface area contributed by atoms with E-state index in [2.05, 4.69) is 10.6 Å². The summed E-state index contributed by atoms with van der Waals surface area (Å²) in [7, 11) is 0. The molecule has 0 aliphatic heterocycles. The minimum atomic E-state index is -1.79. The van der Waals surface area contributed by atoms with E-state index in [-0.39, 0.29) is 44.6 Å². The van der Waals surface area contributed by atoms with Gasteiger partial charge in [0.1, 0.15) is 19.0 Å². The molecule has 0 heterocycles. The quantitative estimate of drug-likeness (QED) is 0.143. The highest BCUT2D eigenvalue weighted by Gasteiger charge is 2.28. The summed E-state index contributed by atoms with van der Waals surface area (Å²) in [5.74, 6) is -9.53. The van der Waals surface area contributed by atoms with Gasteiger partial charge in [-0.05, 0) is 26.7 Å². The number of amides is 2. The fourth-order valence-corrected chi connectivity index (χ4v) is 2.85. The van der Waals surface area contributed by atoms with Crippen LogP contribution in [0, 0.1) is 29.2 Å². The van der Waals surface area contributed by atoms with E-state index in [1.165, 1.54) is 0 Å². The van der Waals surface area contributed by atoms with Gasteiger partial charge in [0.15, 0.2) is 17.4 Å². The van der Waals surface area contributed by atoms with E-state index >= 15 is 0 Å². The highest BCUT2D eigenvalue weighted by molar-refractivity contribution is 5.79. The van der Waals surface area contributed by atoms with Gasteiger partial charge < -0.3 is 30.0 Å². The summed E-state index contributed by atoms with van der Waals surface area (Å²) in [6.45, 7) is 3.19. The molecule has 0 bridgehead atoms. The molecule has 0 aromatic heterocycles. The molecule has 0 saturated heterocycles. The second-order valence-electron chi connectivity index (χ2n) is 7.46. The number of hydrogen-bond donors (Lipinski definition) is 3. The van der Waals surface area contributed by atoms with Gasteiger partial charge in [-0.1, -0.05) is 0 Å². The molecular weight excluding hydrogens is 452 g/mol. The molecule has 3 unspecified atom stereocenters. The topological polar surface area (TPSA) is 114 Å². The lowest BCUT2D eigenvalue weighted by atomic mass is 9.99. The molecule has 1 rings (SSSR count). The van der Waals surface area contributed by atoms with Crippen molar-refractivity contribution in [1.82, 2.24) is 10.6 Å². The first-order chi connectivity index (χ1) is 15.6. The molecule has 0 aliphatic rings. The lowest BCUT2D eigenvalue weighted by molar-refractivity contribution is -0.128. The van der Waals surface area contributed by atoms with Gasteiger partial charge >= 0.3 is 0 Å². The molecule has 3 N–H and O–H groups in total. The first-order valence-electron chi connectivity index (χ1n) is 10.3. The first kappa shape index (κ1) is 28.3. The van der Waals surface area contributed by atoms with E-state index < -0.39 is 59.6 Å². The zero-order chi connectivity index (χ0) is 25.0. The van der Waals surface area contributed by atoms with Crippen molar-refractivity contribution < 1.29 is 46.5 Å². The summed E-state index contributed by atoms with van der Waals surface area (Å²) in [5, 5.41) is 15.2. The molecule has 12 heteroatoms. The minimum Gasteiger partial charge on any atom is -0.485 e. The summed E-state index contributed by atoms with van der Waals surface area (Å²) < 4.78 is 64.2. The van der Waals surface area contributed by atoms with E-state index in [1.54, 1.807) is 0 Å². The Balaban J connectivity index is 2.84. The molecule has 2 amide bonds. The third kappa shape index (κ3) is 9.34. The Hall–Kier alpha value is -2.73. The van der Waals surface area contributed by atoms with E-state index in [0.717, 1.165) is 0 Å². The minimum absolute atomic E-state index is 0.00594. The van der Waals surface area contributed by atoms with Gasteiger partial charge in [0.05, 0.1) is 12.1 Å². The zero-order valence-corrected chi connectivity index (χ0v) is 18.3. The van der Waals surface area contributed by atoms with Crippen LogP contribution in [0.25, 0.3) is 0 Å². The van der Waals surface area contributed by atoms with Gasteiger partial charge in [0.25, 0.3) is 0 Å². The summed E-state index contributed by atoms with van der Waals surface area (Å²) in [4.78, 5) is 34.2. The van der Waals surface area contributed by atoms with Crippen molar-refractivity contribution in [3.05, 3.63) is 29.3 Å². The number of rotatable bonds is 16. The monoisotopic (exact) mass is 480 g/mol. The van der Waals surface area contributed by atoms with Gasteiger partial charge in [-0.3, -0.25) is 9.59 Å². The van der Waals surface area contributed by atoms with Crippen LogP contribution < -0.4 is 15.4 Å². The molecule has 0 radical (unpaired) electrons. The van der Waals surface area contributed by atoms with Crippen LogP contribution in [0.4, 0.5) is 17.6 Å². The molecule has 1 aromatic carbocycles. The number of carbonyl (C=O) groups excluding carboxylic acids is 3. The van der Waals surface area contributed by atoms with Crippen molar-refractivity contribution in [3.63, 3.8) is 0 Å². The van der Waals surface area contributed by atoms with Crippen molar-refractivity contribution in [2.45, 2.75) is 51.4 Å². The van der Waals surface area contributed by atoms with Crippen molar-refractivity contribution in [2.24, 2.45) is 5.92 Å². The average Bonchev–Trinajstić information content (AvgIpc) is 2.76. The maximum atomic E-state index is 13.7. The predicted molar refractivity (Wildman–Crippen MR) is 108 cm³/mol. The Labute approximate surface area is 188 Å². The fourth-order valence-electron chi connectivity index (χ4n) is 2.85. The Kier molecular flexibility index (Phi) is 12.4. The third-order valence-electron chi connectivity index (χ3n) is 4.62. The number of carbonyl (C=O) groups is 3. The smallest absolute Gasteiger partial charge is 0.223 e. The van der Waals surface area contributed by atoms with Crippen LogP contribution in [0.1, 0.15) is 33.1 Å². The number of aldehydes is 1. The van der Waals surface area contributed by atoms with E-state index in [9.17, 15) is 37.1 Å². The molecule has 0 aliphatic carbocycles. The standard InChI is InChI=1S/C21H28F4N2O6/c1-12(2)32-8-5-13(3-6-26-11-29)21(31)27-16(4-7-28)17(30)10-33-20-18(24)14(22)9-15(23)19(20)25/h7,9,11-13,16-17,30H,3-6,8,10H2,1-2H3,(H,26,29)(H,27,31). The fraction of sp³-hybridized carbons (Fsp3) is 0.571. The number of aliphatic hydroxyl groups is 1. The first-order valence-corrected chi connectivity index (χ1v) is 10.3. The molecule has 0 spiro atoms. The van der Waals surface area contributed by atoms with Crippen molar-refractivity contribution >= 4 is 18.6 Å². The predicted octanol–water partition coefficient (Wildman–Crippen LogP) is 1.62. The molecule has 186 valence electrons. The zero-order valence-electron chi connectivity index (χ0n) is 18.3. The Morgan fingerprint density at radius 1 is 1.12 bits per heavy atom. The van der Waals surface area contributed by atoms with Crippen LogP contribution in [0.2, 0.25) is 0 Å². The van der Waals surface area contributed by atoms with Gasteiger partial charge in [0, 0.05) is 31.6 Å². The van der Waals surface area contributed by atoms with Gasteiger partial charge in [-0.2, -0.15) is 8.78 Å². The lowest BCUT2D eigenvalue weighted by Gasteiger charge is -2.25. The summed E-state index contributed by atoms with van der Waals surface area (Å²) in [5.41, 5.74) is 0. The van der Waals surface area contributed by atoms with Gasteiger partial charge in [0.2, 0.25) is 24.0 Å². The summed E-state index contributed by atoms with van der Waals surface area (Å²) in [6, 6.07) is -1.21. The number of aliphatic hydroxyl groups excluding tert-OH is 1. The largest absolute Gasteiger partial charge is 0.485 e. The van der Waals surface area contributed by atoms with E-state index in [0.29, 0.717) is 12.7 Å². The second-order valence-corrected chi connectivity index (χ2v) is 7.46. The van der Waals surface area contributed by atoms with Crippen molar-refractivity contribution in [3.8, 4) is 5.75 Å². The third-order valence-corrected chi connectivity index (χ3v) is 4.62. The summed E-state index contributed by atoms with van der Waals surface area (Å²) >= 11 is 0. The van der Waals surface area contributed by atoms with Crippen LogP contribution in [0.3, 0.4) is 0 Å². The maximum Gasteiger partial charge on any atom is 0.223 e. The Morgan fingerprint density at radius 3 is 2.30 bits per heavy atom. The number of hydrogen-bond acceptors (Lipinski definition) is 6. The highest BCUT2D eigenvalue weighted by Crippen LogP contribution is 2.26. The molecule has 3 atom stereocenters. The Morgan fingerprint density at radius 2 is 1.76 bits per heavy atom. The highest BCUT2D eigenvalue weighted by atomic mass is 19.2. The van der Waals surface area contributed by atoms with E-state index in [1.807, 2.05) is 13.8 Å². The molecule has 0 fully saturated rings. The van der Waals surface area contributed by atoms with Crippen LogP contribution in [0.5, 0.6) is 5.75 Å². The Bertz CT molecular complexity index is 770. The van der Waals surface area contributed by atoms with Gasteiger partial charge in [-0.15, -0.1) is 0 Å². The van der Waals surface area contributed by atoms with E-state index in [4.69, 9.17) is 9.47 Å². The van der Waals surface area contributed by atoms with Crippen molar-refractivity contribution in [2.75, 3.05) is 19.8 Å². The lowest BCUT2D eigenvalue weighted by Crippen LogP contribution is -2.48. The second kappa shape index (κ2) is 14.4. The number of nitrogens with one attached hydrogen (secondary N) is 2. The van der Waals surface area contributed by atoms with Crippen LogP contribution in [0.15, 0.2) is 6.07 Å². The summed E-state index contributed by atoms with van der Waals surface area (Å²) in [6.07, 6.45) is -0.691. The normalized spacial score (nSPS) is 13.8. The number of ether oxygens (including phenoxy) is 2. The molecule has 1 aromatic rings.